The van der Waals surface area contributed by atoms with Gasteiger partial charge in [-0.2, -0.15) is 4.57 Å². The topological polar surface area (TPSA) is 80.9 Å². The normalized spacial score (nSPS) is 12.6. The summed E-state index contributed by atoms with van der Waals surface area (Å²) >= 11 is 1.74. The lowest BCUT2D eigenvalue weighted by Gasteiger charge is -2.25. The molecule has 0 aliphatic rings. The van der Waals surface area contributed by atoms with Gasteiger partial charge in [-0.15, -0.1) is 0 Å². The van der Waals surface area contributed by atoms with Gasteiger partial charge >= 0.3 is 7.82 Å². The van der Waals surface area contributed by atoms with Crippen LogP contribution in [0.2, 0.25) is 0 Å². The van der Waals surface area contributed by atoms with Crippen molar-refractivity contribution in [2.45, 2.75) is 111 Å². The number of aryl methyl sites for hydroxylation is 2. The van der Waals surface area contributed by atoms with Crippen LogP contribution < -0.4 is 28.0 Å². The van der Waals surface area contributed by atoms with E-state index < -0.39 is 7.82 Å². The Kier molecular flexibility index (Phi) is 14.9. The molecule has 0 fully saturated rings. The Morgan fingerprint density at radius 3 is 2.02 bits per heavy atom. The lowest BCUT2D eigenvalue weighted by molar-refractivity contribution is -0.695. The number of unbranched alkanes of at least 4 members (excludes halogenated alkanes) is 11. The minimum absolute atomic E-state index is 0.0275. The lowest BCUT2D eigenvalue weighted by atomic mass is 10.1. The van der Waals surface area contributed by atoms with Crippen LogP contribution in [0.3, 0.4) is 0 Å². The maximum absolute atomic E-state index is 12.9. The van der Waals surface area contributed by atoms with E-state index in [9.17, 15) is 9.46 Å². The first-order valence-electron chi connectivity index (χ1n) is 15.8. The third kappa shape index (κ3) is 11.8. The van der Waals surface area contributed by atoms with Crippen molar-refractivity contribution < 1.29 is 32.5 Å². The summed E-state index contributed by atoms with van der Waals surface area (Å²) in [7, 11) is -3.30. The van der Waals surface area contributed by atoms with E-state index in [1.165, 1.54) is 93.0 Å². The van der Waals surface area contributed by atoms with Gasteiger partial charge < -0.3 is 23.4 Å². The predicted molar refractivity (Wildman–Crippen MR) is 173 cm³/mol. The molecule has 0 aliphatic heterocycles. The van der Waals surface area contributed by atoms with Crippen molar-refractivity contribution in [1.82, 2.24) is 0 Å². The Hall–Kier alpha value is -2.54. The second kappa shape index (κ2) is 18.3. The summed E-state index contributed by atoms with van der Waals surface area (Å²) in [5.41, 5.74) is 2.12. The molecule has 0 saturated heterocycles. The summed E-state index contributed by atoms with van der Waals surface area (Å²) < 4.78 is 37.2. The first-order chi connectivity index (χ1) is 20.7. The smallest absolute Gasteiger partial charge is 0.372 e. The SMILES string of the molecule is CCCCCCCCCCCCCCOc1cccc(OP(=O)([O-])Oc2cccc(C[n+]3c(C)sc(C)c3C)c2)c1OC. The lowest BCUT2D eigenvalue weighted by Crippen LogP contribution is -2.38. The number of thiazole rings is 1. The number of hydrogen-bond donors (Lipinski definition) is 0. The molecular formula is C34H50NO6PS. The summed E-state index contributed by atoms with van der Waals surface area (Å²) in [6.45, 7) is 9.66. The largest absolute Gasteiger partial charge is 0.736 e. The molecule has 1 heterocycles. The van der Waals surface area contributed by atoms with Crippen LogP contribution in [0, 0.1) is 20.8 Å². The van der Waals surface area contributed by atoms with Crippen molar-refractivity contribution in [2.75, 3.05) is 13.7 Å². The van der Waals surface area contributed by atoms with Gasteiger partial charge in [-0.25, -0.2) is 4.57 Å². The van der Waals surface area contributed by atoms with Crippen LogP contribution >= 0.6 is 19.2 Å². The van der Waals surface area contributed by atoms with Crippen LogP contribution in [-0.4, -0.2) is 13.7 Å². The number of para-hydroxylation sites is 1. The predicted octanol–water partition coefficient (Wildman–Crippen LogP) is 9.02. The van der Waals surface area contributed by atoms with Gasteiger partial charge in [0.05, 0.1) is 18.6 Å². The van der Waals surface area contributed by atoms with Gasteiger partial charge in [-0.3, -0.25) is 0 Å². The number of rotatable bonds is 21. The minimum Gasteiger partial charge on any atom is -0.736 e. The molecule has 0 N–H and O–H groups in total. The van der Waals surface area contributed by atoms with Gasteiger partial charge in [-0.05, 0) is 37.6 Å². The van der Waals surface area contributed by atoms with E-state index in [0.717, 1.165) is 18.4 Å². The zero-order valence-corrected chi connectivity index (χ0v) is 28.4. The molecule has 1 atom stereocenters. The van der Waals surface area contributed by atoms with Crippen molar-refractivity contribution in [1.29, 1.82) is 0 Å². The highest BCUT2D eigenvalue weighted by Crippen LogP contribution is 2.46. The van der Waals surface area contributed by atoms with Crippen molar-refractivity contribution in [2.24, 2.45) is 0 Å². The van der Waals surface area contributed by atoms with Crippen molar-refractivity contribution in [3.05, 3.63) is 63.6 Å². The van der Waals surface area contributed by atoms with Crippen molar-refractivity contribution in [3.8, 4) is 23.0 Å². The van der Waals surface area contributed by atoms with Gasteiger partial charge in [0, 0.05) is 19.4 Å². The standard InChI is InChI=1S/C34H50NO6PS/c1-6-7-8-9-10-11-12-13-14-15-16-17-24-39-32-22-19-23-33(34(32)38-5)41-42(36,37)40-31-21-18-20-30(25-31)26-35-27(2)28(3)43-29(35)4/h18-23,25H,6-17,24,26H2,1-5H3. The van der Waals surface area contributed by atoms with Crippen LogP contribution in [0.1, 0.15) is 105 Å². The second-order valence-electron chi connectivity index (χ2n) is 11.2. The summed E-state index contributed by atoms with van der Waals surface area (Å²) in [5.74, 6) is 0.890. The zero-order valence-electron chi connectivity index (χ0n) is 26.7. The van der Waals surface area contributed by atoms with E-state index in [-0.39, 0.29) is 17.2 Å². The third-order valence-corrected chi connectivity index (χ3v) is 9.64. The number of hydrogen-bond acceptors (Lipinski definition) is 7. The number of nitrogens with zero attached hydrogens (tertiary/aromatic N) is 1. The molecule has 9 heteroatoms. The van der Waals surface area contributed by atoms with E-state index >= 15 is 0 Å². The average molecular weight is 632 g/mol. The Bertz CT molecular complexity index is 1310. The van der Waals surface area contributed by atoms with Gasteiger partial charge in [0.2, 0.25) is 10.8 Å². The summed E-state index contributed by atoms with van der Waals surface area (Å²) in [4.78, 5) is 14.2. The highest BCUT2D eigenvalue weighted by molar-refractivity contribution is 7.46. The van der Waals surface area contributed by atoms with E-state index in [4.69, 9.17) is 18.5 Å². The van der Waals surface area contributed by atoms with Crippen LogP contribution in [0.5, 0.6) is 23.0 Å². The maximum Gasteiger partial charge on any atom is 0.372 e. The zero-order chi connectivity index (χ0) is 31.1. The number of phosphoric acid groups is 1. The molecule has 2 aromatic carbocycles. The van der Waals surface area contributed by atoms with Gasteiger partial charge in [-0.1, -0.05) is 107 Å². The van der Waals surface area contributed by atoms with E-state index in [1.54, 1.807) is 41.7 Å². The molecule has 0 bridgehead atoms. The average Bonchev–Trinajstić information content (AvgIpc) is 3.21. The van der Waals surface area contributed by atoms with Gasteiger partial charge in [0.1, 0.15) is 5.75 Å². The fraction of sp³-hybridized carbons (Fsp3) is 0.559. The Balaban J connectivity index is 1.46. The fourth-order valence-corrected chi connectivity index (χ4v) is 6.97. The molecule has 0 radical (unpaired) electrons. The monoisotopic (exact) mass is 631 g/mol. The first-order valence-corrected chi connectivity index (χ1v) is 18.1. The molecule has 0 saturated carbocycles. The molecule has 3 rings (SSSR count). The Labute approximate surface area is 262 Å². The summed E-state index contributed by atoms with van der Waals surface area (Å²) in [5, 5.41) is 1.19. The van der Waals surface area contributed by atoms with Crippen molar-refractivity contribution in [3.63, 3.8) is 0 Å². The highest BCUT2D eigenvalue weighted by atomic mass is 32.1. The number of aromatic nitrogens is 1. The van der Waals surface area contributed by atoms with E-state index in [0.29, 0.717) is 18.9 Å². The summed E-state index contributed by atoms with van der Waals surface area (Å²) in [6.07, 6.45) is 15.3. The van der Waals surface area contributed by atoms with Crippen LogP contribution in [-0.2, 0) is 11.1 Å². The van der Waals surface area contributed by atoms with Gasteiger partial charge in [0.25, 0.3) is 0 Å². The molecule has 0 aliphatic carbocycles. The molecule has 238 valence electrons. The molecule has 3 aromatic rings. The minimum atomic E-state index is -4.76. The highest BCUT2D eigenvalue weighted by Gasteiger charge is 2.21. The molecule has 0 amide bonds. The van der Waals surface area contributed by atoms with Crippen LogP contribution in [0.25, 0.3) is 0 Å². The van der Waals surface area contributed by atoms with Crippen molar-refractivity contribution >= 4 is 19.2 Å². The number of methoxy groups -OCH3 is 1. The number of ether oxygens (including phenoxy) is 2. The Morgan fingerprint density at radius 2 is 1.42 bits per heavy atom. The fourth-order valence-electron chi connectivity index (χ4n) is 5.17. The second-order valence-corrected chi connectivity index (χ2v) is 13.8. The molecule has 7 nitrogen and oxygen atoms in total. The molecule has 43 heavy (non-hydrogen) atoms. The third-order valence-electron chi connectivity index (χ3n) is 7.66. The molecule has 1 unspecified atom stereocenters. The number of benzene rings is 2. The maximum atomic E-state index is 12.9. The van der Waals surface area contributed by atoms with E-state index in [1.807, 2.05) is 6.07 Å². The quantitative estimate of drug-likeness (QED) is 0.0663. The first kappa shape index (κ1) is 34.9. The van der Waals surface area contributed by atoms with Gasteiger partial charge in [0.15, 0.2) is 23.7 Å². The molecular weight excluding hydrogens is 581 g/mol. The summed E-state index contributed by atoms with van der Waals surface area (Å²) in [6, 6.07) is 12.0. The van der Waals surface area contributed by atoms with E-state index in [2.05, 4.69) is 32.3 Å². The number of phosphoric ester groups is 1. The molecule has 0 spiro atoms. The van der Waals surface area contributed by atoms with Crippen LogP contribution in [0.15, 0.2) is 42.5 Å². The molecule has 1 aromatic heterocycles. The Morgan fingerprint density at radius 1 is 0.814 bits per heavy atom. The van der Waals surface area contributed by atoms with Crippen LogP contribution in [0.4, 0.5) is 0 Å².